The fourth-order valence-corrected chi connectivity index (χ4v) is 3.35. The van der Waals surface area contributed by atoms with Crippen molar-refractivity contribution < 1.29 is 0 Å². The maximum Gasteiger partial charge on any atom is 0.0700 e. The van der Waals surface area contributed by atoms with Gasteiger partial charge in [0.15, 0.2) is 0 Å². The van der Waals surface area contributed by atoms with E-state index in [2.05, 4.69) is 58.0 Å². The zero-order valence-corrected chi connectivity index (χ0v) is 15.2. The van der Waals surface area contributed by atoms with Crippen LogP contribution in [-0.2, 0) is 0 Å². The first-order chi connectivity index (χ1) is 11.5. The van der Waals surface area contributed by atoms with Crippen LogP contribution in [-0.4, -0.2) is 0 Å². The third-order valence-electron chi connectivity index (χ3n) is 4.56. The molecule has 0 fully saturated rings. The van der Waals surface area contributed by atoms with Crippen LogP contribution >= 0.6 is 0 Å². The van der Waals surface area contributed by atoms with Crippen molar-refractivity contribution in [3.8, 4) is 0 Å². The van der Waals surface area contributed by atoms with Gasteiger partial charge in [-0.05, 0) is 54.2 Å². The Labute approximate surface area is 155 Å². The molecule has 0 N–H and O–H groups in total. The van der Waals surface area contributed by atoms with Gasteiger partial charge in [-0.1, -0.05) is 95.0 Å². The molecule has 1 unspecified atom stereocenters. The first-order valence-corrected chi connectivity index (χ1v) is 8.11. The number of rotatable bonds is 7. The SMILES string of the molecule is C.C=C/C=C\C(=C/C)C1(/C(C=C)=C/C=C\C)C(=C)C(=C)C(C)=C1C=C. The normalized spacial score (nSPS) is 21.9. The predicted molar refractivity (Wildman–Crippen MR) is 117 cm³/mol. The van der Waals surface area contributed by atoms with Crippen LogP contribution in [0, 0.1) is 5.41 Å². The van der Waals surface area contributed by atoms with Crippen LogP contribution in [0.5, 0.6) is 0 Å². The van der Waals surface area contributed by atoms with Gasteiger partial charge in [-0.2, -0.15) is 0 Å². The molecule has 1 aliphatic carbocycles. The minimum absolute atomic E-state index is 0. The summed E-state index contributed by atoms with van der Waals surface area (Å²) in [6, 6.07) is 0. The summed E-state index contributed by atoms with van der Waals surface area (Å²) in [6.07, 6.45) is 17.8. The molecule has 0 heteroatoms. The van der Waals surface area contributed by atoms with E-state index < -0.39 is 5.41 Å². The highest BCUT2D eigenvalue weighted by Crippen LogP contribution is 2.58. The van der Waals surface area contributed by atoms with Crippen LogP contribution in [0.4, 0.5) is 0 Å². The lowest BCUT2D eigenvalue weighted by Gasteiger charge is -2.36. The summed E-state index contributed by atoms with van der Waals surface area (Å²) in [5.74, 6) is 0. The highest BCUT2D eigenvalue weighted by Gasteiger charge is 2.47. The molecule has 0 aliphatic heterocycles. The average Bonchev–Trinajstić information content (AvgIpc) is 2.78. The Balaban J connectivity index is 0.00000576. The number of allylic oxidation sites excluding steroid dienone is 15. The smallest absolute Gasteiger partial charge is 0.0700 e. The summed E-state index contributed by atoms with van der Waals surface area (Å²) in [4.78, 5) is 0. The summed E-state index contributed by atoms with van der Waals surface area (Å²) < 4.78 is 0. The molecule has 0 bridgehead atoms. The number of hydrogen-bond donors (Lipinski definition) is 0. The molecule has 0 aromatic rings. The van der Waals surface area contributed by atoms with Crippen molar-refractivity contribution in [2.24, 2.45) is 5.41 Å². The van der Waals surface area contributed by atoms with E-state index >= 15 is 0 Å². The van der Waals surface area contributed by atoms with Gasteiger partial charge >= 0.3 is 0 Å². The van der Waals surface area contributed by atoms with Gasteiger partial charge < -0.3 is 0 Å². The Morgan fingerprint density at radius 3 is 2.08 bits per heavy atom. The lowest BCUT2D eigenvalue weighted by atomic mass is 9.65. The molecule has 0 nitrogen and oxygen atoms in total. The van der Waals surface area contributed by atoms with Crippen molar-refractivity contribution in [1.82, 2.24) is 0 Å². The molecule has 0 spiro atoms. The standard InChI is InChI=1S/C24H28.CH4/c1-9-14-16-21(11-3)24(22(12-4)17-15-10-2)20(8)18(6)19(7)23(24)13-5;/h9-17H,1,4-6,8H2,2-3,7H3;1H4/b15-10-,16-14-,21-11+,22-17+;. The van der Waals surface area contributed by atoms with Crippen LogP contribution in [0.3, 0.4) is 0 Å². The molecule has 0 saturated carbocycles. The Bertz CT molecular complexity index is 726. The van der Waals surface area contributed by atoms with Gasteiger partial charge in [0.05, 0.1) is 5.41 Å². The first-order valence-electron chi connectivity index (χ1n) is 8.11. The van der Waals surface area contributed by atoms with Gasteiger partial charge in [-0.15, -0.1) is 0 Å². The average molecular weight is 333 g/mol. The maximum atomic E-state index is 4.39. The van der Waals surface area contributed by atoms with Gasteiger partial charge in [0.2, 0.25) is 0 Å². The van der Waals surface area contributed by atoms with Gasteiger partial charge in [0.1, 0.15) is 0 Å². The molecule has 25 heavy (non-hydrogen) atoms. The Kier molecular flexibility index (Phi) is 8.63. The van der Waals surface area contributed by atoms with Crippen LogP contribution in [0.25, 0.3) is 0 Å². The van der Waals surface area contributed by atoms with Crippen LogP contribution in [0.15, 0.2) is 121 Å². The Hall–Kier alpha value is -2.60. The van der Waals surface area contributed by atoms with Crippen LogP contribution < -0.4 is 0 Å². The highest BCUT2D eigenvalue weighted by molar-refractivity contribution is 5.73. The van der Waals surface area contributed by atoms with Gasteiger partial charge in [0, 0.05) is 0 Å². The second-order valence-corrected chi connectivity index (χ2v) is 5.64. The summed E-state index contributed by atoms with van der Waals surface area (Å²) in [6.45, 7) is 26.6. The van der Waals surface area contributed by atoms with Crippen molar-refractivity contribution in [3.05, 3.63) is 121 Å². The predicted octanol–water partition coefficient (Wildman–Crippen LogP) is 7.61. The van der Waals surface area contributed by atoms with E-state index in [1.54, 1.807) is 6.08 Å². The minimum atomic E-state index is -0.515. The fraction of sp³-hybridized carbons (Fsp3) is 0.200. The van der Waals surface area contributed by atoms with E-state index in [1.807, 2.05) is 44.2 Å². The molecule has 0 saturated heterocycles. The zero-order chi connectivity index (χ0) is 18.3. The quantitative estimate of drug-likeness (QED) is 0.421. The van der Waals surface area contributed by atoms with E-state index in [0.29, 0.717) is 0 Å². The molecule has 0 amide bonds. The molecule has 0 aromatic heterocycles. The van der Waals surface area contributed by atoms with E-state index in [1.165, 1.54) is 0 Å². The second kappa shape index (κ2) is 9.64. The van der Waals surface area contributed by atoms with Crippen LogP contribution in [0.1, 0.15) is 28.2 Å². The third kappa shape index (κ3) is 3.58. The van der Waals surface area contributed by atoms with Gasteiger partial charge in [0.25, 0.3) is 0 Å². The molecular weight excluding hydrogens is 300 g/mol. The molecule has 1 aliphatic rings. The summed E-state index contributed by atoms with van der Waals surface area (Å²) in [7, 11) is 0. The summed E-state index contributed by atoms with van der Waals surface area (Å²) >= 11 is 0. The van der Waals surface area contributed by atoms with Crippen molar-refractivity contribution in [2.45, 2.75) is 28.2 Å². The Morgan fingerprint density at radius 2 is 1.64 bits per heavy atom. The zero-order valence-electron chi connectivity index (χ0n) is 15.2. The van der Waals surface area contributed by atoms with Crippen molar-refractivity contribution >= 4 is 0 Å². The summed E-state index contributed by atoms with van der Waals surface area (Å²) in [5.41, 5.74) is 5.80. The first kappa shape index (κ1) is 22.4. The van der Waals surface area contributed by atoms with E-state index in [4.69, 9.17) is 0 Å². The minimum Gasteiger partial charge on any atom is -0.0991 e. The van der Waals surface area contributed by atoms with Crippen LogP contribution in [0.2, 0.25) is 0 Å². The van der Waals surface area contributed by atoms with E-state index in [9.17, 15) is 0 Å². The molecule has 0 radical (unpaired) electrons. The molecule has 0 aromatic carbocycles. The maximum absolute atomic E-state index is 4.39. The highest BCUT2D eigenvalue weighted by atomic mass is 14.5. The monoisotopic (exact) mass is 332 g/mol. The molecule has 1 atom stereocenters. The lowest BCUT2D eigenvalue weighted by molar-refractivity contribution is 0.685. The van der Waals surface area contributed by atoms with E-state index in [0.717, 1.165) is 33.4 Å². The van der Waals surface area contributed by atoms with Crippen molar-refractivity contribution in [2.75, 3.05) is 0 Å². The lowest BCUT2D eigenvalue weighted by Crippen LogP contribution is -2.26. The molecule has 1 rings (SSSR count). The Morgan fingerprint density at radius 1 is 1.00 bits per heavy atom. The summed E-state index contributed by atoms with van der Waals surface area (Å²) in [5, 5.41) is 0. The topological polar surface area (TPSA) is 0 Å². The van der Waals surface area contributed by atoms with Crippen molar-refractivity contribution in [3.63, 3.8) is 0 Å². The largest absolute Gasteiger partial charge is 0.0991 e. The molecule has 132 valence electrons. The van der Waals surface area contributed by atoms with Crippen molar-refractivity contribution in [1.29, 1.82) is 0 Å². The molecular formula is C25H32. The van der Waals surface area contributed by atoms with Gasteiger partial charge in [-0.3, -0.25) is 0 Å². The fourth-order valence-electron chi connectivity index (χ4n) is 3.35. The second-order valence-electron chi connectivity index (χ2n) is 5.64. The molecule has 0 heterocycles. The number of hydrogen-bond acceptors (Lipinski definition) is 0. The third-order valence-corrected chi connectivity index (χ3v) is 4.56. The van der Waals surface area contributed by atoms with E-state index in [-0.39, 0.29) is 7.43 Å². The van der Waals surface area contributed by atoms with Gasteiger partial charge in [-0.25, -0.2) is 0 Å².